The Morgan fingerprint density at radius 2 is 2.55 bits per heavy atom. The van der Waals surface area contributed by atoms with Gasteiger partial charge in [0.05, 0.1) is 12.9 Å². The van der Waals surface area contributed by atoms with Gasteiger partial charge in [0.15, 0.2) is 0 Å². The number of halogens is 1. The minimum Gasteiger partial charge on any atom is -0.257 e. The zero-order chi connectivity index (χ0) is 8.10. The minimum atomic E-state index is -0.329. The number of rotatable bonds is 3. The molecule has 0 spiro atoms. The Bertz CT molecular complexity index is 259. The van der Waals surface area contributed by atoms with Crippen molar-refractivity contribution in [1.82, 2.24) is 9.78 Å². The number of aryl methyl sites for hydroxylation is 1. The molecule has 0 aliphatic carbocycles. The first-order valence-electron chi connectivity index (χ1n) is 3.43. The van der Waals surface area contributed by atoms with Crippen LogP contribution in [-0.4, -0.2) is 16.5 Å². The third-order valence-electron chi connectivity index (χ3n) is 1.37. The predicted molar refractivity (Wildman–Crippen MR) is 40.8 cm³/mol. The molecule has 0 N–H and O–H groups in total. The summed E-state index contributed by atoms with van der Waals surface area (Å²) in [6.07, 6.45) is 7.25. The van der Waals surface area contributed by atoms with Crippen molar-refractivity contribution in [3.05, 3.63) is 18.0 Å². The predicted octanol–water partition coefficient (Wildman–Crippen LogP) is 1.22. The van der Waals surface area contributed by atoms with E-state index in [1.165, 1.54) is 0 Å². The van der Waals surface area contributed by atoms with E-state index in [9.17, 15) is 4.39 Å². The summed E-state index contributed by atoms with van der Waals surface area (Å²) >= 11 is 0. The lowest BCUT2D eigenvalue weighted by Crippen LogP contribution is -2.02. The van der Waals surface area contributed by atoms with E-state index in [0.717, 1.165) is 0 Å². The summed E-state index contributed by atoms with van der Waals surface area (Å²) in [7, 11) is 0. The summed E-state index contributed by atoms with van der Waals surface area (Å²) in [5.41, 5.74) is 0.707. The molecule has 11 heavy (non-hydrogen) atoms. The second-order valence-corrected chi connectivity index (χ2v) is 2.13. The van der Waals surface area contributed by atoms with Crippen LogP contribution >= 0.6 is 0 Å². The Morgan fingerprint density at radius 1 is 1.73 bits per heavy atom. The molecule has 1 aromatic rings. The van der Waals surface area contributed by atoms with Crippen molar-refractivity contribution in [1.29, 1.82) is 0 Å². The molecule has 0 saturated heterocycles. The van der Waals surface area contributed by atoms with Crippen molar-refractivity contribution in [2.75, 3.05) is 6.67 Å². The largest absolute Gasteiger partial charge is 0.257 e. The highest BCUT2D eigenvalue weighted by Crippen LogP contribution is 1.97. The molecule has 0 bridgehead atoms. The molecule has 58 valence electrons. The van der Waals surface area contributed by atoms with Crippen molar-refractivity contribution >= 4 is 0 Å². The molecule has 0 fully saturated rings. The highest BCUT2D eigenvalue weighted by Gasteiger charge is 1.96. The molecule has 0 saturated carbocycles. The van der Waals surface area contributed by atoms with Gasteiger partial charge in [0.2, 0.25) is 0 Å². The van der Waals surface area contributed by atoms with Gasteiger partial charge in [-0.3, -0.25) is 9.07 Å². The van der Waals surface area contributed by atoms with Crippen molar-refractivity contribution in [3.63, 3.8) is 0 Å². The summed E-state index contributed by atoms with van der Waals surface area (Å²) in [4.78, 5) is 0. The molecule has 0 aromatic carbocycles. The SMILES string of the molecule is C#Cc1ccnn1CCCF. The quantitative estimate of drug-likeness (QED) is 0.595. The number of hydrogen-bond donors (Lipinski definition) is 0. The van der Waals surface area contributed by atoms with E-state index >= 15 is 0 Å². The molecule has 1 aromatic heterocycles. The minimum absolute atomic E-state index is 0.329. The van der Waals surface area contributed by atoms with Gasteiger partial charge in [0.25, 0.3) is 0 Å². The van der Waals surface area contributed by atoms with Crippen molar-refractivity contribution in [2.24, 2.45) is 0 Å². The van der Waals surface area contributed by atoms with Gasteiger partial charge in [-0.1, -0.05) is 5.92 Å². The Hall–Kier alpha value is -1.30. The van der Waals surface area contributed by atoms with Crippen LogP contribution in [0.3, 0.4) is 0 Å². The summed E-state index contributed by atoms with van der Waals surface area (Å²) in [5.74, 6) is 2.46. The zero-order valence-electron chi connectivity index (χ0n) is 6.13. The molecular formula is C8H9FN2. The smallest absolute Gasteiger partial charge is 0.110 e. The van der Waals surface area contributed by atoms with Crippen LogP contribution in [0.5, 0.6) is 0 Å². The molecule has 0 amide bonds. The Labute approximate surface area is 65.0 Å². The fourth-order valence-electron chi connectivity index (χ4n) is 0.843. The van der Waals surface area contributed by atoms with Crippen LogP contribution in [-0.2, 0) is 6.54 Å². The van der Waals surface area contributed by atoms with E-state index in [1.54, 1.807) is 16.9 Å². The van der Waals surface area contributed by atoms with Gasteiger partial charge in [-0.05, 0) is 12.5 Å². The van der Waals surface area contributed by atoms with Crippen LogP contribution in [0.4, 0.5) is 4.39 Å². The maximum atomic E-state index is 11.7. The number of aromatic nitrogens is 2. The van der Waals surface area contributed by atoms with Crippen LogP contribution < -0.4 is 0 Å². The lowest BCUT2D eigenvalue weighted by atomic mass is 10.4. The second-order valence-electron chi connectivity index (χ2n) is 2.13. The van der Waals surface area contributed by atoms with Crippen LogP contribution in [0.2, 0.25) is 0 Å². The first-order valence-corrected chi connectivity index (χ1v) is 3.43. The van der Waals surface area contributed by atoms with Gasteiger partial charge in [-0.2, -0.15) is 5.10 Å². The van der Waals surface area contributed by atoms with Gasteiger partial charge in [0, 0.05) is 6.54 Å². The number of nitrogens with zero attached hydrogens (tertiary/aromatic N) is 2. The third-order valence-corrected chi connectivity index (χ3v) is 1.37. The summed E-state index contributed by atoms with van der Waals surface area (Å²) in [6, 6.07) is 1.73. The van der Waals surface area contributed by atoms with Gasteiger partial charge in [-0.15, -0.1) is 6.42 Å². The van der Waals surface area contributed by atoms with E-state index in [2.05, 4.69) is 11.0 Å². The molecule has 1 rings (SSSR count). The normalized spacial score (nSPS) is 9.45. The molecule has 0 radical (unpaired) electrons. The first kappa shape index (κ1) is 7.80. The van der Waals surface area contributed by atoms with Crippen LogP contribution in [0.25, 0.3) is 0 Å². The van der Waals surface area contributed by atoms with Crippen LogP contribution in [0, 0.1) is 12.3 Å². The Balaban J connectivity index is 2.63. The topological polar surface area (TPSA) is 17.8 Å². The molecule has 0 aliphatic rings. The average Bonchev–Trinajstić information content (AvgIpc) is 2.47. The maximum Gasteiger partial charge on any atom is 0.110 e. The average molecular weight is 152 g/mol. The van der Waals surface area contributed by atoms with Crippen LogP contribution in [0.15, 0.2) is 12.3 Å². The van der Waals surface area contributed by atoms with Gasteiger partial charge >= 0.3 is 0 Å². The number of alkyl halides is 1. The zero-order valence-corrected chi connectivity index (χ0v) is 6.13. The van der Waals surface area contributed by atoms with Gasteiger partial charge in [0.1, 0.15) is 5.69 Å². The number of terminal acetylenes is 1. The van der Waals surface area contributed by atoms with Gasteiger partial charge in [-0.25, -0.2) is 0 Å². The van der Waals surface area contributed by atoms with Crippen molar-refractivity contribution < 1.29 is 4.39 Å². The monoisotopic (exact) mass is 152 g/mol. The van der Waals surface area contributed by atoms with E-state index in [-0.39, 0.29) is 6.67 Å². The van der Waals surface area contributed by atoms with E-state index in [1.807, 2.05) is 0 Å². The van der Waals surface area contributed by atoms with Crippen molar-refractivity contribution in [3.8, 4) is 12.3 Å². The summed E-state index contributed by atoms with van der Waals surface area (Å²) < 4.78 is 13.4. The second kappa shape index (κ2) is 3.77. The highest BCUT2D eigenvalue weighted by molar-refractivity contribution is 5.22. The van der Waals surface area contributed by atoms with E-state index < -0.39 is 0 Å². The van der Waals surface area contributed by atoms with E-state index in [0.29, 0.717) is 18.7 Å². The fraction of sp³-hybridized carbons (Fsp3) is 0.375. The molecule has 0 atom stereocenters. The maximum absolute atomic E-state index is 11.7. The molecule has 2 nitrogen and oxygen atoms in total. The highest BCUT2D eigenvalue weighted by atomic mass is 19.1. The Kier molecular flexibility index (Phi) is 2.67. The standard InChI is InChI=1S/C8H9FN2/c1-2-8-4-6-10-11(8)7-3-5-9/h1,4,6H,3,5,7H2. The van der Waals surface area contributed by atoms with E-state index in [4.69, 9.17) is 6.42 Å². The Morgan fingerprint density at radius 3 is 3.18 bits per heavy atom. The molecule has 1 heterocycles. The van der Waals surface area contributed by atoms with Gasteiger partial charge < -0.3 is 0 Å². The summed E-state index contributed by atoms with van der Waals surface area (Å²) in [5, 5.41) is 3.93. The third kappa shape index (κ3) is 1.81. The molecule has 3 heteroatoms. The molecular weight excluding hydrogens is 143 g/mol. The molecule has 0 unspecified atom stereocenters. The number of hydrogen-bond acceptors (Lipinski definition) is 1. The first-order chi connectivity index (χ1) is 5.38. The summed E-state index contributed by atoms with van der Waals surface area (Å²) in [6.45, 7) is 0.229. The molecule has 0 aliphatic heterocycles. The van der Waals surface area contributed by atoms with Crippen molar-refractivity contribution in [2.45, 2.75) is 13.0 Å². The lowest BCUT2D eigenvalue weighted by Gasteiger charge is -1.99. The lowest BCUT2D eigenvalue weighted by molar-refractivity contribution is 0.433. The van der Waals surface area contributed by atoms with Crippen LogP contribution in [0.1, 0.15) is 12.1 Å². The fourth-order valence-corrected chi connectivity index (χ4v) is 0.843.